The molecule has 3 aromatic rings. The number of hydrogen-bond donors (Lipinski definition) is 0. The van der Waals surface area contributed by atoms with E-state index in [-0.39, 0.29) is 0 Å². The lowest BCUT2D eigenvalue weighted by atomic mass is 9.69. The lowest BCUT2D eigenvalue weighted by Gasteiger charge is -2.45. The average Bonchev–Trinajstić information content (AvgIpc) is 2.84. The molecule has 0 N–H and O–H groups in total. The minimum atomic E-state index is 0.546. The van der Waals surface area contributed by atoms with Crippen LogP contribution in [0.1, 0.15) is 67.7 Å². The number of rotatable bonds is 10. The Morgan fingerprint density at radius 1 is 0.818 bits per heavy atom. The van der Waals surface area contributed by atoms with Crippen LogP contribution >= 0.6 is 0 Å². The minimum Gasteiger partial charge on any atom is -0.489 e. The summed E-state index contributed by atoms with van der Waals surface area (Å²) in [5.41, 5.74) is 5.66. The van der Waals surface area contributed by atoms with Crippen LogP contribution in [-0.2, 0) is 19.6 Å². The maximum absolute atomic E-state index is 6.24. The first-order valence-electron chi connectivity index (χ1n) is 12.7. The highest BCUT2D eigenvalue weighted by molar-refractivity contribution is 5.41. The number of fused-ring (bicyclic) bond motifs is 1. The highest BCUT2D eigenvalue weighted by atomic mass is 16.5. The summed E-state index contributed by atoms with van der Waals surface area (Å²) in [6, 6.07) is 28.8. The van der Waals surface area contributed by atoms with Gasteiger partial charge in [0.15, 0.2) is 0 Å². The van der Waals surface area contributed by atoms with Gasteiger partial charge in [-0.1, -0.05) is 93.4 Å². The molecule has 0 bridgehead atoms. The van der Waals surface area contributed by atoms with E-state index in [9.17, 15) is 0 Å². The molecule has 174 valence electrons. The molecule has 3 aromatic carbocycles. The van der Waals surface area contributed by atoms with Crippen LogP contribution in [-0.4, -0.2) is 18.0 Å². The molecule has 0 fully saturated rings. The van der Waals surface area contributed by atoms with Crippen molar-refractivity contribution in [2.45, 2.75) is 71.1 Å². The predicted molar refractivity (Wildman–Crippen MR) is 139 cm³/mol. The van der Waals surface area contributed by atoms with Crippen LogP contribution in [0.15, 0.2) is 78.9 Å². The second kappa shape index (κ2) is 11.5. The average molecular weight is 442 g/mol. The number of ether oxygens (including phenoxy) is 1. The Labute approximate surface area is 200 Å². The molecule has 1 aliphatic rings. The van der Waals surface area contributed by atoms with Crippen LogP contribution in [0.3, 0.4) is 0 Å². The normalized spacial score (nSPS) is 19.9. The highest BCUT2D eigenvalue weighted by Crippen LogP contribution is 2.43. The van der Waals surface area contributed by atoms with Crippen LogP contribution in [0.25, 0.3) is 0 Å². The molecule has 0 saturated carbocycles. The second-order valence-electron chi connectivity index (χ2n) is 9.67. The SMILES string of the molecule is CCC[C@H]1Cc2ccc(OCc3ccccc3)cc2[C@@H](CCC)[C@H]1N(C)Cc1ccccc1. The molecular formula is C31H39NO. The largest absolute Gasteiger partial charge is 0.489 e. The van der Waals surface area contributed by atoms with Crippen molar-refractivity contribution in [3.05, 3.63) is 101 Å². The topological polar surface area (TPSA) is 12.5 Å². The first-order valence-corrected chi connectivity index (χ1v) is 12.7. The lowest BCUT2D eigenvalue weighted by molar-refractivity contribution is 0.116. The second-order valence-corrected chi connectivity index (χ2v) is 9.67. The summed E-state index contributed by atoms with van der Waals surface area (Å²) in [5.74, 6) is 2.24. The number of hydrogen-bond acceptors (Lipinski definition) is 2. The molecule has 0 unspecified atom stereocenters. The van der Waals surface area contributed by atoms with Gasteiger partial charge in [-0.3, -0.25) is 4.90 Å². The Morgan fingerprint density at radius 2 is 1.48 bits per heavy atom. The summed E-state index contributed by atoms with van der Waals surface area (Å²) in [4.78, 5) is 2.64. The summed E-state index contributed by atoms with van der Waals surface area (Å²) in [6.07, 6.45) is 6.13. The first kappa shape index (κ1) is 23.6. The fraction of sp³-hybridized carbons (Fsp3) is 0.419. The van der Waals surface area contributed by atoms with Gasteiger partial charge in [0.25, 0.3) is 0 Å². The van der Waals surface area contributed by atoms with E-state index in [4.69, 9.17) is 4.74 Å². The standard InChI is InChI=1S/C31H39NO/c1-4-12-27-20-26-18-19-28(33-23-25-16-10-7-11-17-25)21-30(26)29(13-5-2)31(27)32(3)22-24-14-8-6-9-15-24/h6-11,14-19,21,27,29,31H,4-5,12-13,20,22-23H2,1-3H3/t27-,29+,31-/m0/s1. The van der Waals surface area contributed by atoms with Gasteiger partial charge in [0.05, 0.1) is 0 Å². The van der Waals surface area contributed by atoms with E-state index >= 15 is 0 Å². The molecule has 0 heterocycles. The van der Waals surface area contributed by atoms with Gasteiger partial charge in [-0.2, -0.15) is 0 Å². The zero-order valence-electron chi connectivity index (χ0n) is 20.5. The van der Waals surface area contributed by atoms with Gasteiger partial charge in [-0.05, 0) is 66.6 Å². The molecule has 0 aromatic heterocycles. The molecule has 0 radical (unpaired) electrons. The fourth-order valence-electron chi connectivity index (χ4n) is 5.78. The van der Waals surface area contributed by atoms with Crippen LogP contribution in [0, 0.1) is 5.92 Å². The number of likely N-dealkylation sites (N-methyl/N-ethyl adjacent to an activating group) is 1. The van der Waals surface area contributed by atoms with Crippen molar-refractivity contribution >= 4 is 0 Å². The Balaban J connectivity index is 1.60. The monoisotopic (exact) mass is 441 g/mol. The third-order valence-electron chi connectivity index (χ3n) is 7.19. The smallest absolute Gasteiger partial charge is 0.120 e. The molecule has 0 amide bonds. The van der Waals surface area contributed by atoms with Gasteiger partial charge in [-0.15, -0.1) is 0 Å². The lowest BCUT2D eigenvalue weighted by Crippen LogP contribution is -2.45. The summed E-state index contributed by atoms with van der Waals surface area (Å²) < 4.78 is 6.24. The van der Waals surface area contributed by atoms with Gasteiger partial charge < -0.3 is 4.74 Å². The van der Waals surface area contributed by atoms with E-state index in [2.05, 4.69) is 105 Å². The van der Waals surface area contributed by atoms with Crippen molar-refractivity contribution in [1.29, 1.82) is 0 Å². The summed E-state index contributed by atoms with van der Waals surface area (Å²) in [6.45, 7) is 6.28. The number of benzene rings is 3. The van der Waals surface area contributed by atoms with E-state index < -0.39 is 0 Å². The maximum Gasteiger partial charge on any atom is 0.120 e. The van der Waals surface area contributed by atoms with E-state index in [1.54, 1.807) is 0 Å². The quantitative estimate of drug-likeness (QED) is 0.321. The summed E-state index contributed by atoms with van der Waals surface area (Å²) in [7, 11) is 2.34. The van der Waals surface area contributed by atoms with Gasteiger partial charge in [0.2, 0.25) is 0 Å². The Bertz CT molecular complexity index is 984. The number of nitrogens with zero attached hydrogens (tertiary/aromatic N) is 1. The Morgan fingerprint density at radius 3 is 2.15 bits per heavy atom. The van der Waals surface area contributed by atoms with Crippen molar-refractivity contribution in [2.24, 2.45) is 5.92 Å². The zero-order valence-corrected chi connectivity index (χ0v) is 20.5. The Kier molecular flexibility index (Phi) is 8.23. The molecular weight excluding hydrogens is 402 g/mol. The molecule has 0 spiro atoms. The van der Waals surface area contributed by atoms with Crippen molar-refractivity contribution in [3.8, 4) is 5.75 Å². The molecule has 2 heteroatoms. The zero-order chi connectivity index (χ0) is 23.0. The Hall–Kier alpha value is -2.58. The van der Waals surface area contributed by atoms with Crippen molar-refractivity contribution in [2.75, 3.05) is 7.05 Å². The minimum absolute atomic E-state index is 0.546. The van der Waals surface area contributed by atoms with E-state index in [1.165, 1.54) is 54.4 Å². The fourth-order valence-corrected chi connectivity index (χ4v) is 5.78. The van der Waals surface area contributed by atoms with Gasteiger partial charge in [0, 0.05) is 18.5 Å². The molecule has 0 aliphatic heterocycles. The van der Waals surface area contributed by atoms with Crippen LogP contribution in [0.4, 0.5) is 0 Å². The summed E-state index contributed by atoms with van der Waals surface area (Å²) in [5, 5.41) is 0. The predicted octanol–water partition coefficient (Wildman–Crippen LogP) is 7.62. The van der Waals surface area contributed by atoms with E-state index in [1.807, 2.05) is 0 Å². The third-order valence-corrected chi connectivity index (χ3v) is 7.19. The molecule has 2 nitrogen and oxygen atoms in total. The summed E-state index contributed by atoms with van der Waals surface area (Å²) >= 11 is 0. The molecule has 4 rings (SSSR count). The molecule has 0 saturated heterocycles. The van der Waals surface area contributed by atoms with Gasteiger partial charge in [-0.25, -0.2) is 0 Å². The van der Waals surface area contributed by atoms with Crippen molar-refractivity contribution in [3.63, 3.8) is 0 Å². The molecule has 1 aliphatic carbocycles. The molecule has 33 heavy (non-hydrogen) atoms. The van der Waals surface area contributed by atoms with E-state index in [0.717, 1.165) is 12.3 Å². The van der Waals surface area contributed by atoms with E-state index in [0.29, 0.717) is 24.5 Å². The van der Waals surface area contributed by atoms with Crippen molar-refractivity contribution in [1.82, 2.24) is 4.90 Å². The van der Waals surface area contributed by atoms with Gasteiger partial charge >= 0.3 is 0 Å². The highest BCUT2D eigenvalue weighted by Gasteiger charge is 2.38. The first-order chi connectivity index (χ1) is 16.2. The van der Waals surface area contributed by atoms with Crippen molar-refractivity contribution < 1.29 is 4.74 Å². The van der Waals surface area contributed by atoms with Crippen LogP contribution in [0.5, 0.6) is 5.75 Å². The van der Waals surface area contributed by atoms with Crippen LogP contribution < -0.4 is 4.74 Å². The maximum atomic E-state index is 6.24. The van der Waals surface area contributed by atoms with Gasteiger partial charge in [0.1, 0.15) is 12.4 Å². The third kappa shape index (κ3) is 5.86. The molecule has 3 atom stereocenters. The van der Waals surface area contributed by atoms with Crippen LogP contribution in [0.2, 0.25) is 0 Å².